The van der Waals surface area contributed by atoms with Crippen LogP contribution in [-0.2, 0) is 6.42 Å². The highest BCUT2D eigenvalue weighted by Crippen LogP contribution is 2.30. The van der Waals surface area contributed by atoms with Gasteiger partial charge < -0.3 is 5.32 Å². The molecule has 1 heteroatoms. The molecule has 0 unspecified atom stereocenters. The van der Waals surface area contributed by atoms with Crippen LogP contribution in [0.2, 0.25) is 0 Å². The zero-order chi connectivity index (χ0) is 10.4. The standard InChI is InChI=1S/C11H15N.C2H6/c1-2-12-11-8-7-9-5-3-4-6-10(9)11;1-2/h3-6,11-12H,2,7-8H2,1H3;1-2H3/t11-;/m1./s1. The molecule has 1 aromatic rings. The molecular formula is C13H21N. The number of hydrogen-bond donors (Lipinski definition) is 1. The third-order valence-corrected chi connectivity index (χ3v) is 2.58. The minimum absolute atomic E-state index is 0.617. The van der Waals surface area contributed by atoms with E-state index in [0.29, 0.717) is 6.04 Å². The third-order valence-electron chi connectivity index (χ3n) is 2.58. The van der Waals surface area contributed by atoms with E-state index >= 15 is 0 Å². The summed E-state index contributed by atoms with van der Waals surface area (Å²) in [6, 6.07) is 9.37. The fourth-order valence-electron chi connectivity index (χ4n) is 2.02. The molecule has 1 nitrogen and oxygen atoms in total. The predicted octanol–water partition coefficient (Wildman–Crippen LogP) is 3.31. The van der Waals surface area contributed by atoms with Crippen LogP contribution in [0.25, 0.3) is 0 Å². The molecule has 0 fully saturated rings. The summed E-state index contributed by atoms with van der Waals surface area (Å²) in [5.74, 6) is 0. The van der Waals surface area contributed by atoms with Crippen molar-refractivity contribution in [1.82, 2.24) is 5.32 Å². The molecule has 0 bridgehead atoms. The molecular weight excluding hydrogens is 170 g/mol. The van der Waals surface area contributed by atoms with Gasteiger partial charge in [0.25, 0.3) is 0 Å². The lowest BCUT2D eigenvalue weighted by Gasteiger charge is -2.11. The van der Waals surface area contributed by atoms with Gasteiger partial charge in [-0.25, -0.2) is 0 Å². The molecule has 1 aromatic carbocycles. The summed E-state index contributed by atoms with van der Waals surface area (Å²) < 4.78 is 0. The number of benzene rings is 1. The lowest BCUT2D eigenvalue weighted by molar-refractivity contribution is 0.549. The zero-order valence-electron chi connectivity index (χ0n) is 9.51. The quantitative estimate of drug-likeness (QED) is 0.756. The van der Waals surface area contributed by atoms with Crippen LogP contribution in [0.3, 0.4) is 0 Å². The van der Waals surface area contributed by atoms with Gasteiger partial charge in [-0.2, -0.15) is 0 Å². The number of rotatable bonds is 2. The van der Waals surface area contributed by atoms with Gasteiger partial charge in [0.05, 0.1) is 0 Å². The van der Waals surface area contributed by atoms with E-state index < -0.39 is 0 Å². The van der Waals surface area contributed by atoms with Crippen LogP contribution >= 0.6 is 0 Å². The van der Waals surface area contributed by atoms with Gasteiger partial charge in [-0.05, 0) is 30.5 Å². The van der Waals surface area contributed by atoms with Gasteiger partial charge in [-0.1, -0.05) is 45.0 Å². The highest BCUT2D eigenvalue weighted by atomic mass is 14.9. The Bertz CT molecular complexity index is 266. The van der Waals surface area contributed by atoms with Crippen LogP contribution in [0.15, 0.2) is 24.3 Å². The number of nitrogens with one attached hydrogen (secondary N) is 1. The molecule has 1 aliphatic carbocycles. The Hall–Kier alpha value is -0.820. The highest BCUT2D eigenvalue weighted by molar-refractivity contribution is 5.34. The average Bonchev–Trinajstić information content (AvgIpc) is 2.66. The highest BCUT2D eigenvalue weighted by Gasteiger charge is 2.19. The Morgan fingerprint density at radius 1 is 1.29 bits per heavy atom. The van der Waals surface area contributed by atoms with E-state index in [1.807, 2.05) is 13.8 Å². The molecule has 0 heterocycles. The average molecular weight is 191 g/mol. The first-order chi connectivity index (χ1) is 6.92. The molecule has 0 radical (unpaired) electrons. The number of fused-ring (bicyclic) bond motifs is 1. The van der Waals surface area contributed by atoms with Gasteiger partial charge in [-0.15, -0.1) is 0 Å². The van der Waals surface area contributed by atoms with Crippen LogP contribution < -0.4 is 5.32 Å². The monoisotopic (exact) mass is 191 g/mol. The molecule has 1 aliphatic rings. The Balaban J connectivity index is 0.000000461. The fraction of sp³-hybridized carbons (Fsp3) is 0.538. The predicted molar refractivity (Wildman–Crippen MR) is 62.5 cm³/mol. The van der Waals surface area contributed by atoms with Crippen LogP contribution in [0, 0.1) is 0 Å². The van der Waals surface area contributed by atoms with Crippen molar-refractivity contribution >= 4 is 0 Å². The molecule has 14 heavy (non-hydrogen) atoms. The maximum atomic E-state index is 3.50. The molecule has 2 rings (SSSR count). The van der Waals surface area contributed by atoms with Gasteiger partial charge in [0, 0.05) is 6.04 Å². The molecule has 1 atom stereocenters. The minimum Gasteiger partial charge on any atom is -0.310 e. The molecule has 0 amide bonds. The fourth-order valence-corrected chi connectivity index (χ4v) is 2.02. The largest absolute Gasteiger partial charge is 0.310 e. The second kappa shape index (κ2) is 5.82. The van der Waals surface area contributed by atoms with Crippen LogP contribution in [0.5, 0.6) is 0 Å². The normalized spacial score (nSPS) is 18.4. The van der Waals surface area contributed by atoms with Crippen molar-refractivity contribution in [2.45, 2.75) is 39.7 Å². The molecule has 0 saturated carbocycles. The molecule has 0 spiro atoms. The lowest BCUT2D eigenvalue weighted by atomic mass is 10.1. The van der Waals surface area contributed by atoms with Gasteiger partial charge in [0.1, 0.15) is 0 Å². The van der Waals surface area contributed by atoms with Crippen molar-refractivity contribution in [2.75, 3.05) is 6.54 Å². The van der Waals surface area contributed by atoms with Crippen LogP contribution in [-0.4, -0.2) is 6.54 Å². The summed E-state index contributed by atoms with van der Waals surface area (Å²) in [6.45, 7) is 7.24. The topological polar surface area (TPSA) is 12.0 Å². The lowest BCUT2D eigenvalue weighted by Crippen LogP contribution is -2.18. The van der Waals surface area contributed by atoms with E-state index in [1.54, 1.807) is 0 Å². The van der Waals surface area contributed by atoms with Crippen molar-refractivity contribution in [2.24, 2.45) is 0 Å². The van der Waals surface area contributed by atoms with Crippen molar-refractivity contribution in [1.29, 1.82) is 0 Å². The molecule has 78 valence electrons. The summed E-state index contributed by atoms with van der Waals surface area (Å²) in [6.07, 6.45) is 2.51. The maximum absolute atomic E-state index is 3.50. The second-order valence-electron chi connectivity index (χ2n) is 3.35. The first-order valence-electron chi connectivity index (χ1n) is 5.73. The number of hydrogen-bond acceptors (Lipinski definition) is 1. The van der Waals surface area contributed by atoms with Crippen molar-refractivity contribution in [3.8, 4) is 0 Å². The van der Waals surface area contributed by atoms with Crippen molar-refractivity contribution in [3.05, 3.63) is 35.4 Å². The maximum Gasteiger partial charge on any atom is 0.0326 e. The summed E-state index contributed by atoms with van der Waals surface area (Å²) in [4.78, 5) is 0. The molecule has 1 N–H and O–H groups in total. The summed E-state index contributed by atoms with van der Waals surface area (Å²) in [5.41, 5.74) is 3.04. The first kappa shape index (κ1) is 11.3. The van der Waals surface area contributed by atoms with Crippen LogP contribution in [0.4, 0.5) is 0 Å². The summed E-state index contributed by atoms with van der Waals surface area (Å²) >= 11 is 0. The Morgan fingerprint density at radius 3 is 2.71 bits per heavy atom. The Labute approximate surface area is 87.5 Å². The SMILES string of the molecule is CC.CCN[C@@H]1CCc2ccccc21. The molecule has 0 saturated heterocycles. The zero-order valence-corrected chi connectivity index (χ0v) is 9.51. The van der Waals surface area contributed by atoms with E-state index in [-0.39, 0.29) is 0 Å². The van der Waals surface area contributed by atoms with Crippen molar-refractivity contribution in [3.63, 3.8) is 0 Å². The number of aryl methyl sites for hydroxylation is 1. The van der Waals surface area contributed by atoms with E-state index in [2.05, 4.69) is 36.5 Å². The third kappa shape index (κ3) is 2.36. The van der Waals surface area contributed by atoms with E-state index in [0.717, 1.165) is 6.54 Å². The van der Waals surface area contributed by atoms with E-state index in [4.69, 9.17) is 0 Å². The Morgan fingerprint density at radius 2 is 2.00 bits per heavy atom. The molecule has 0 aliphatic heterocycles. The first-order valence-corrected chi connectivity index (χ1v) is 5.73. The van der Waals surface area contributed by atoms with Crippen molar-refractivity contribution < 1.29 is 0 Å². The smallest absolute Gasteiger partial charge is 0.0326 e. The van der Waals surface area contributed by atoms with E-state index in [9.17, 15) is 0 Å². The van der Waals surface area contributed by atoms with Gasteiger partial charge in [0.15, 0.2) is 0 Å². The van der Waals surface area contributed by atoms with Gasteiger partial charge in [0.2, 0.25) is 0 Å². The molecule has 0 aromatic heterocycles. The second-order valence-corrected chi connectivity index (χ2v) is 3.35. The van der Waals surface area contributed by atoms with Gasteiger partial charge >= 0.3 is 0 Å². The Kier molecular flexibility index (Phi) is 4.68. The summed E-state index contributed by atoms with van der Waals surface area (Å²) in [7, 11) is 0. The summed E-state index contributed by atoms with van der Waals surface area (Å²) in [5, 5.41) is 3.50. The van der Waals surface area contributed by atoms with Gasteiger partial charge in [-0.3, -0.25) is 0 Å². The van der Waals surface area contributed by atoms with E-state index in [1.165, 1.54) is 24.0 Å². The van der Waals surface area contributed by atoms with Crippen LogP contribution in [0.1, 0.15) is 44.4 Å². The minimum atomic E-state index is 0.617.